The highest BCUT2D eigenvalue weighted by Crippen LogP contribution is 1.85. The Morgan fingerprint density at radius 3 is 2.75 bits per heavy atom. The van der Waals surface area contributed by atoms with Gasteiger partial charge in [-0.1, -0.05) is 0 Å². The second-order valence-corrected chi connectivity index (χ2v) is 3.10. The first-order chi connectivity index (χ1) is 7.52. The van der Waals surface area contributed by atoms with Crippen LogP contribution in [-0.4, -0.2) is 28.8 Å². The van der Waals surface area contributed by atoms with E-state index >= 15 is 0 Å². The maximum atomic E-state index is 11.3. The van der Waals surface area contributed by atoms with Crippen LogP contribution >= 0.6 is 0 Å². The molecule has 0 aliphatic carbocycles. The van der Waals surface area contributed by atoms with Gasteiger partial charge >= 0.3 is 6.03 Å². The van der Waals surface area contributed by atoms with E-state index in [0.717, 1.165) is 4.68 Å². The van der Waals surface area contributed by atoms with Crippen LogP contribution in [0.25, 0.3) is 0 Å². The highest BCUT2D eigenvalue weighted by Gasteiger charge is 2.08. The van der Waals surface area contributed by atoms with Crippen LogP contribution in [0.3, 0.4) is 0 Å². The minimum Gasteiger partial charge on any atom is -0.341 e. The lowest BCUT2D eigenvalue weighted by Gasteiger charge is -2.05. The van der Waals surface area contributed by atoms with Gasteiger partial charge in [0, 0.05) is 13.1 Å². The van der Waals surface area contributed by atoms with Crippen molar-refractivity contribution < 1.29 is 9.59 Å². The summed E-state index contributed by atoms with van der Waals surface area (Å²) in [7, 11) is 1.39. The number of urea groups is 1. The lowest BCUT2D eigenvalue weighted by molar-refractivity contribution is -0.120. The number of amides is 3. The van der Waals surface area contributed by atoms with Gasteiger partial charge < -0.3 is 5.32 Å². The third kappa shape index (κ3) is 3.19. The van der Waals surface area contributed by atoms with Gasteiger partial charge in [-0.05, 0) is 13.0 Å². The van der Waals surface area contributed by atoms with Gasteiger partial charge in [-0.2, -0.15) is 5.10 Å². The fraction of sp³-hybridized carbons (Fsp3) is 0.333. The van der Waals surface area contributed by atoms with Crippen molar-refractivity contribution in [2.45, 2.75) is 13.5 Å². The molecule has 0 saturated carbocycles. The van der Waals surface area contributed by atoms with Gasteiger partial charge in [-0.15, -0.1) is 0 Å². The summed E-state index contributed by atoms with van der Waals surface area (Å²) >= 11 is 0. The molecule has 7 nitrogen and oxygen atoms in total. The molecular weight excluding hydrogens is 212 g/mol. The lowest BCUT2D eigenvalue weighted by Crippen LogP contribution is -2.41. The molecule has 0 aliphatic rings. The van der Waals surface area contributed by atoms with E-state index in [2.05, 4.69) is 10.4 Å². The summed E-state index contributed by atoms with van der Waals surface area (Å²) in [4.78, 5) is 33.4. The zero-order valence-corrected chi connectivity index (χ0v) is 8.98. The molecule has 0 aromatic carbocycles. The van der Waals surface area contributed by atoms with Crippen molar-refractivity contribution in [3.05, 3.63) is 28.2 Å². The summed E-state index contributed by atoms with van der Waals surface area (Å²) in [5, 5.41) is 8.12. The summed E-state index contributed by atoms with van der Waals surface area (Å²) < 4.78 is 0.994. The molecule has 0 radical (unpaired) electrons. The molecule has 86 valence electrons. The summed E-state index contributed by atoms with van der Waals surface area (Å²) in [6, 6.07) is 2.25. The fourth-order valence-corrected chi connectivity index (χ4v) is 1.03. The number of aryl methyl sites for hydroxylation is 1. The minimum atomic E-state index is -0.620. The monoisotopic (exact) mass is 224 g/mol. The zero-order chi connectivity index (χ0) is 12.1. The Bertz CT molecular complexity index is 466. The van der Waals surface area contributed by atoms with Crippen LogP contribution in [0.5, 0.6) is 0 Å². The highest BCUT2D eigenvalue weighted by atomic mass is 16.2. The number of imide groups is 1. The first-order valence-corrected chi connectivity index (χ1v) is 4.59. The van der Waals surface area contributed by atoms with Crippen LogP contribution < -0.4 is 16.2 Å². The maximum absolute atomic E-state index is 11.3. The summed E-state index contributed by atoms with van der Waals surface area (Å²) in [5.41, 5.74) is 0.227. The van der Waals surface area contributed by atoms with E-state index in [4.69, 9.17) is 0 Å². The van der Waals surface area contributed by atoms with Crippen LogP contribution in [0.1, 0.15) is 5.69 Å². The minimum absolute atomic E-state index is 0.284. The van der Waals surface area contributed by atoms with Crippen LogP contribution in [-0.2, 0) is 11.3 Å². The normalized spacial score (nSPS) is 9.62. The largest absolute Gasteiger partial charge is 0.341 e. The number of hydrogen-bond donors (Lipinski definition) is 2. The Kier molecular flexibility index (Phi) is 3.76. The molecule has 1 heterocycles. The Labute approximate surface area is 91.5 Å². The van der Waals surface area contributed by atoms with E-state index in [9.17, 15) is 14.4 Å². The van der Waals surface area contributed by atoms with Gasteiger partial charge in [0.15, 0.2) is 0 Å². The molecule has 1 rings (SSSR count). The second kappa shape index (κ2) is 5.06. The molecule has 3 amide bonds. The number of carbonyl (C=O) groups excluding carboxylic acids is 2. The van der Waals surface area contributed by atoms with Crippen molar-refractivity contribution in [2.75, 3.05) is 7.05 Å². The Hall–Kier alpha value is -2.18. The molecule has 2 N–H and O–H groups in total. The molecule has 0 spiro atoms. The van der Waals surface area contributed by atoms with E-state index in [1.54, 1.807) is 13.0 Å². The smallest absolute Gasteiger partial charge is 0.321 e. The molecule has 0 bridgehead atoms. The number of nitrogens with zero attached hydrogens (tertiary/aromatic N) is 2. The quantitative estimate of drug-likeness (QED) is 0.674. The molecule has 1 aromatic rings. The second-order valence-electron chi connectivity index (χ2n) is 3.10. The van der Waals surface area contributed by atoms with Gasteiger partial charge in [0.1, 0.15) is 6.54 Å². The molecule has 0 unspecified atom stereocenters. The summed E-state index contributed by atoms with van der Waals surface area (Å²) in [5.74, 6) is -0.598. The molecule has 0 atom stereocenters. The van der Waals surface area contributed by atoms with Crippen molar-refractivity contribution in [3.8, 4) is 0 Å². The lowest BCUT2D eigenvalue weighted by atomic mass is 10.4. The highest BCUT2D eigenvalue weighted by molar-refractivity contribution is 5.93. The molecule has 7 heteroatoms. The summed E-state index contributed by atoms with van der Waals surface area (Å²) in [6.07, 6.45) is 0. The van der Waals surface area contributed by atoms with Gasteiger partial charge in [0.25, 0.3) is 5.56 Å². The average molecular weight is 224 g/mol. The zero-order valence-electron chi connectivity index (χ0n) is 8.98. The average Bonchev–Trinajstić information content (AvgIpc) is 2.23. The molecular formula is C9H12N4O3. The van der Waals surface area contributed by atoms with Crippen molar-refractivity contribution >= 4 is 11.9 Å². The Morgan fingerprint density at radius 2 is 2.12 bits per heavy atom. The van der Waals surface area contributed by atoms with Crippen LogP contribution in [0, 0.1) is 6.92 Å². The molecule has 16 heavy (non-hydrogen) atoms. The van der Waals surface area contributed by atoms with Crippen LogP contribution in [0.2, 0.25) is 0 Å². The molecule has 1 aromatic heterocycles. The van der Waals surface area contributed by atoms with E-state index in [1.807, 2.05) is 5.32 Å². The third-order valence-electron chi connectivity index (χ3n) is 1.77. The number of hydrogen-bond acceptors (Lipinski definition) is 4. The number of aromatic nitrogens is 2. The van der Waals surface area contributed by atoms with Gasteiger partial charge in [-0.3, -0.25) is 14.9 Å². The standard InChI is InChI=1S/C9H12N4O3/c1-6-3-4-8(15)13(12-6)5-7(14)11-9(16)10-2/h3-4H,5H2,1-2H3,(H2,10,11,14,16). The first kappa shape index (κ1) is 11.9. The Balaban J connectivity index is 2.73. The number of carbonyl (C=O) groups is 2. The van der Waals surface area contributed by atoms with E-state index < -0.39 is 17.5 Å². The van der Waals surface area contributed by atoms with Crippen LogP contribution in [0.15, 0.2) is 16.9 Å². The van der Waals surface area contributed by atoms with Crippen molar-refractivity contribution in [2.24, 2.45) is 0 Å². The number of nitrogens with one attached hydrogen (secondary N) is 2. The maximum Gasteiger partial charge on any atom is 0.321 e. The predicted molar refractivity (Wildman–Crippen MR) is 55.8 cm³/mol. The van der Waals surface area contributed by atoms with Gasteiger partial charge in [0.2, 0.25) is 5.91 Å². The van der Waals surface area contributed by atoms with Crippen molar-refractivity contribution in [1.82, 2.24) is 20.4 Å². The van der Waals surface area contributed by atoms with E-state index in [1.165, 1.54) is 13.1 Å². The van der Waals surface area contributed by atoms with E-state index in [0.29, 0.717) is 5.69 Å². The van der Waals surface area contributed by atoms with Crippen LogP contribution in [0.4, 0.5) is 4.79 Å². The van der Waals surface area contributed by atoms with Crippen molar-refractivity contribution in [3.63, 3.8) is 0 Å². The van der Waals surface area contributed by atoms with Crippen molar-refractivity contribution in [1.29, 1.82) is 0 Å². The summed E-state index contributed by atoms with van der Waals surface area (Å²) in [6.45, 7) is 1.42. The third-order valence-corrected chi connectivity index (χ3v) is 1.77. The fourth-order valence-electron chi connectivity index (χ4n) is 1.03. The van der Waals surface area contributed by atoms with E-state index in [-0.39, 0.29) is 6.54 Å². The Morgan fingerprint density at radius 1 is 1.44 bits per heavy atom. The molecule has 0 aliphatic heterocycles. The predicted octanol–water partition coefficient (Wildman–Crippen LogP) is -0.993. The van der Waals surface area contributed by atoms with Gasteiger partial charge in [-0.25, -0.2) is 9.48 Å². The molecule has 0 saturated heterocycles. The van der Waals surface area contributed by atoms with Gasteiger partial charge in [0.05, 0.1) is 5.69 Å². The first-order valence-electron chi connectivity index (χ1n) is 4.59. The molecule has 0 fully saturated rings. The topological polar surface area (TPSA) is 93.1 Å². The SMILES string of the molecule is CNC(=O)NC(=O)Cn1nc(C)ccc1=O. The number of rotatable bonds is 2.